The summed E-state index contributed by atoms with van der Waals surface area (Å²) >= 11 is 6.72. The number of nitrogens with zero attached hydrogens (tertiary/aromatic N) is 1. The van der Waals surface area contributed by atoms with Gasteiger partial charge in [-0.1, -0.05) is 31.9 Å². The minimum Gasteiger partial charge on any atom is -0.459 e. The number of carbonyl (C=O) groups is 3. The van der Waals surface area contributed by atoms with E-state index in [9.17, 15) is 14.4 Å². The zero-order valence-corrected chi connectivity index (χ0v) is 20.1. The fourth-order valence-corrected chi connectivity index (χ4v) is 4.02. The van der Waals surface area contributed by atoms with Crippen LogP contribution in [0, 0.1) is 0 Å². The van der Waals surface area contributed by atoms with Crippen molar-refractivity contribution in [3.05, 3.63) is 67.6 Å². The highest BCUT2D eigenvalue weighted by Gasteiger charge is 2.30. The van der Waals surface area contributed by atoms with Gasteiger partial charge in [0.25, 0.3) is 11.8 Å². The molecule has 2 amide bonds. The summed E-state index contributed by atoms with van der Waals surface area (Å²) in [6.45, 7) is 6.52. The second-order valence-corrected chi connectivity index (χ2v) is 9.86. The average molecular weight is 538 g/mol. The number of fused-ring (bicyclic) bond motifs is 2. The first kappa shape index (κ1) is 22.5. The number of nitrogens with one attached hydrogen (secondary N) is 1. The van der Waals surface area contributed by atoms with Crippen molar-refractivity contribution in [2.75, 3.05) is 6.54 Å². The molecule has 0 radical (unpaired) electrons. The van der Waals surface area contributed by atoms with E-state index >= 15 is 0 Å². The van der Waals surface area contributed by atoms with E-state index in [0.717, 1.165) is 25.6 Å². The molecular formula is C22H22Br2N2O4. The molecule has 2 heterocycles. The van der Waals surface area contributed by atoms with Crippen LogP contribution in [0.25, 0.3) is 0 Å². The molecule has 0 fully saturated rings. The van der Waals surface area contributed by atoms with Crippen molar-refractivity contribution in [3.8, 4) is 0 Å². The summed E-state index contributed by atoms with van der Waals surface area (Å²) in [5.74, 6) is -0.464. The number of halogens is 2. The predicted octanol–water partition coefficient (Wildman–Crippen LogP) is 4.44. The number of carbonyl (C=O) groups excluding carboxylic acids is 3. The summed E-state index contributed by atoms with van der Waals surface area (Å²) < 4.78 is 7.18. The molecular weight excluding hydrogens is 516 g/mol. The summed E-state index contributed by atoms with van der Waals surface area (Å²) in [4.78, 5) is 36.4. The molecule has 0 saturated heterocycles. The van der Waals surface area contributed by atoms with Crippen LogP contribution in [0.15, 0.2) is 45.3 Å². The molecule has 0 aliphatic carbocycles. The Labute approximate surface area is 192 Å². The molecule has 2 aromatic carbocycles. The highest BCUT2D eigenvalue weighted by atomic mass is 79.9. The Balaban J connectivity index is 0.000000196. The first-order valence-corrected chi connectivity index (χ1v) is 11.0. The number of amides is 2. The summed E-state index contributed by atoms with van der Waals surface area (Å²) in [5.41, 5.74) is 2.93. The summed E-state index contributed by atoms with van der Waals surface area (Å²) in [7, 11) is 0. The minimum absolute atomic E-state index is 0.0115. The van der Waals surface area contributed by atoms with Crippen LogP contribution in [0.2, 0.25) is 0 Å². The highest BCUT2D eigenvalue weighted by Crippen LogP contribution is 2.26. The predicted molar refractivity (Wildman–Crippen MR) is 120 cm³/mol. The molecule has 6 nitrogen and oxygen atoms in total. The molecule has 0 unspecified atom stereocenters. The van der Waals surface area contributed by atoms with Gasteiger partial charge >= 0.3 is 5.97 Å². The molecule has 158 valence electrons. The Hall–Kier alpha value is -2.19. The smallest absolute Gasteiger partial charge is 0.326 e. The van der Waals surface area contributed by atoms with Crippen molar-refractivity contribution in [2.24, 2.45) is 0 Å². The molecule has 8 heteroatoms. The number of hydrogen-bond donors (Lipinski definition) is 1. The Kier molecular flexibility index (Phi) is 6.67. The van der Waals surface area contributed by atoms with Gasteiger partial charge in [-0.05, 0) is 68.3 Å². The van der Waals surface area contributed by atoms with E-state index < -0.39 is 5.60 Å². The van der Waals surface area contributed by atoms with Crippen LogP contribution in [-0.2, 0) is 22.6 Å². The molecule has 2 aliphatic heterocycles. The molecule has 0 spiro atoms. The third-order valence-electron chi connectivity index (χ3n) is 4.44. The molecule has 0 aromatic heterocycles. The standard InChI is InChI=1S/C14H16BrNO3.C8H6BrNO/c1-14(2,3)19-12(17)8-16-7-9-6-10(15)4-5-11(9)13(16)18;9-6-1-2-7-5(3-6)4-10-8(7)11/h4-6H,7-8H2,1-3H3;1-3H,4H2,(H,10,11). The molecule has 0 saturated carbocycles. The fraction of sp³-hybridized carbons (Fsp3) is 0.318. The second kappa shape index (κ2) is 8.89. The maximum Gasteiger partial charge on any atom is 0.326 e. The van der Waals surface area contributed by atoms with E-state index in [4.69, 9.17) is 4.74 Å². The first-order chi connectivity index (χ1) is 14.0. The lowest BCUT2D eigenvalue weighted by Crippen LogP contribution is -2.35. The third kappa shape index (κ3) is 5.49. The minimum atomic E-state index is -0.532. The van der Waals surface area contributed by atoms with E-state index in [-0.39, 0.29) is 24.3 Å². The Bertz CT molecular complexity index is 1010. The van der Waals surface area contributed by atoms with Crippen molar-refractivity contribution in [1.82, 2.24) is 10.2 Å². The first-order valence-electron chi connectivity index (χ1n) is 9.39. The third-order valence-corrected chi connectivity index (χ3v) is 5.42. The maximum absolute atomic E-state index is 12.1. The van der Waals surface area contributed by atoms with Gasteiger partial charge in [-0.15, -0.1) is 0 Å². The van der Waals surface area contributed by atoms with E-state index in [1.807, 2.05) is 51.1 Å². The summed E-state index contributed by atoms with van der Waals surface area (Å²) in [6, 6.07) is 11.2. The van der Waals surface area contributed by atoms with Crippen LogP contribution in [0.5, 0.6) is 0 Å². The molecule has 0 atom stereocenters. The van der Waals surface area contributed by atoms with Crippen LogP contribution in [0.4, 0.5) is 0 Å². The van der Waals surface area contributed by atoms with Gasteiger partial charge in [0.2, 0.25) is 0 Å². The summed E-state index contributed by atoms with van der Waals surface area (Å²) in [6.07, 6.45) is 0. The van der Waals surface area contributed by atoms with Gasteiger partial charge in [-0.2, -0.15) is 0 Å². The number of benzene rings is 2. The van der Waals surface area contributed by atoms with E-state index in [1.165, 1.54) is 4.90 Å². The van der Waals surface area contributed by atoms with Crippen LogP contribution in [0.3, 0.4) is 0 Å². The second-order valence-electron chi connectivity index (χ2n) is 8.03. The van der Waals surface area contributed by atoms with E-state index in [1.54, 1.807) is 6.07 Å². The van der Waals surface area contributed by atoms with Gasteiger partial charge in [-0.25, -0.2) is 0 Å². The maximum atomic E-state index is 12.1. The van der Waals surface area contributed by atoms with Gasteiger partial charge in [0.1, 0.15) is 12.1 Å². The number of esters is 1. The monoisotopic (exact) mass is 536 g/mol. The fourth-order valence-electron chi connectivity index (χ4n) is 3.21. The van der Waals surface area contributed by atoms with Crippen molar-refractivity contribution < 1.29 is 19.1 Å². The topological polar surface area (TPSA) is 75.7 Å². The SMILES string of the molecule is CC(C)(C)OC(=O)CN1Cc2cc(Br)ccc2C1=O.O=C1NCc2cc(Br)ccc21. The van der Waals surface area contributed by atoms with Crippen LogP contribution < -0.4 is 5.32 Å². The molecule has 4 rings (SSSR count). The lowest BCUT2D eigenvalue weighted by molar-refractivity contribution is -0.155. The molecule has 0 bridgehead atoms. The number of ether oxygens (including phenoxy) is 1. The van der Waals surface area contributed by atoms with E-state index in [2.05, 4.69) is 37.2 Å². The Morgan fingerprint density at radius 3 is 2.27 bits per heavy atom. The molecule has 2 aliphatic rings. The Morgan fingerprint density at radius 1 is 1.03 bits per heavy atom. The van der Waals surface area contributed by atoms with Gasteiger partial charge in [0, 0.05) is 33.2 Å². The van der Waals surface area contributed by atoms with Gasteiger partial charge < -0.3 is 15.0 Å². The molecule has 30 heavy (non-hydrogen) atoms. The van der Waals surface area contributed by atoms with Crippen molar-refractivity contribution in [3.63, 3.8) is 0 Å². The normalized spacial score (nSPS) is 14.5. The zero-order chi connectivity index (χ0) is 22.1. The van der Waals surface area contributed by atoms with Gasteiger partial charge in [0.15, 0.2) is 0 Å². The number of hydrogen-bond acceptors (Lipinski definition) is 4. The largest absolute Gasteiger partial charge is 0.459 e. The average Bonchev–Trinajstić information content (AvgIpc) is 3.14. The van der Waals surface area contributed by atoms with Crippen molar-refractivity contribution >= 4 is 49.6 Å². The van der Waals surface area contributed by atoms with Crippen molar-refractivity contribution in [2.45, 2.75) is 39.5 Å². The van der Waals surface area contributed by atoms with Crippen molar-refractivity contribution in [1.29, 1.82) is 0 Å². The lowest BCUT2D eigenvalue weighted by atomic mass is 10.1. The van der Waals surface area contributed by atoms with Gasteiger partial charge in [-0.3, -0.25) is 14.4 Å². The molecule has 2 aromatic rings. The Morgan fingerprint density at radius 2 is 1.63 bits per heavy atom. The quantitative estimate of drug-likeness (QED) is 0.575. The van der Waals surface area contributed by atoms with Crippen LogP contribution in [-0.4, -0.2) is 34.8 Å². The van der Waals surface area contributed by atoms with Crippen LogP contribution >= 0.6 is 31.9 Å². The van der Waals surface area contributed by atoms with E-state index in [0.29, 0.717) is 18.7 Å². The van der Waals surface area contributed by atoms with Gasteiger partial charge in [0.05, 0.1) is 0 Å². The lowest BCUT2D eigenvalue weighted by Gasteiger charge is -2.22. The highest BCUT2D eigenvalue weighted by molar-refractivity contribution is 9.10. The number of rotatable bonds is 2. The summed E-state index contributed by atoms with van der Waals surface area (Å²) in [5, 5.41) is 2.75. The molecule has 1 N–H and O–H groups in total. The zero-order valence-electron chi connectivity index (χ0n) is 16.9. The van der Waals surface area contributed by atoms with Crippen LogP contribution in [0.1, 0.15) is 52.6 Å².